The molecule has 0 atom stereocenters. The third kappa shape index (κ3) is 2.33. The number of halogens is 1. The maximum absolute atomic E-state index is 5.96. The molecule has 4 nitrogen and oxygen atoms in total. The highest BCUT2D eigenvalue weighted by Crippen LogP contribution is 2.28. The molecule has 0 radical (unpaired) electrons. The predicted molar refractivity (Wildman–Crippen MR) is 72.5 cm³/mol. The number of amidine groups is 1. The van der Waals surface area contributed by atoms with Crippen molar-refractivity contribution in [1.29, 1.82) is 0 Å². The summed E-state index contributed by atoms with van der Waals surface area (Å²) >= 11 is 5.96. The van der Waals surface area contributed by atoms with Crippen molar-refractivity contribution in [2.45, 2.75) is 12.8 Å². The summed E-state index contributed by atoms with van der Waals surface area (Å²) in [5, 5.41) is 3.94. The zero-order chi connectivity index (χ0) is 12.4. The zero-order valence-corrected chi connectivity index (χ0v) is 10.4. The van der Waals surface area contributed by atoms with Gasteiger partial charge in [-0.3, -0.25) is 4.98 Å². The van der Waals surface area contributed by atoms with E-state index in [2.05, 4.69) is 20.3 Å². The lowest BCUT2D eigenvalue weighted by molar-refractivity contribution is 1.00. The molecule has 0 saturated heterocycles. The lowest BCUT2D eigenvalue weighted by Crippen LogP contribution is -2.16. The van der Waals surface area contributed by atoms with E-state index in [1.165, 1.54) is 5.56 Å². The zero-order valence-electron chi connectivity index (χ0n) is 9.60. The van der Waals surface area contributed by atoms with Crippen LogP contribution < -0.4 is 5.32 Å². The van der Waals surface area contributed by atoms with Crippen molar-refractivity contribution in [3.63, 3.8) is 0 Å². The van der Waals surface area contributed by atoms with Crippen molar-refractivity contribution in [1.82, 2.24) is 9.97 Å². The molecular formula is C13H11ClN4. The first-order chi connectivity index (χ1) is 8.81. The number of hydrogen-bond donors (Lipinski definition) is 1. The van der Waals surface area contributed by atoms with Gasteiger partial charge in [0.05, 0.1) is 11.9 Å². The second-order valence-electron chi connectivity index (χ2n) is 4.05. The van der Waals surface area contributed by atoms with Crippen molar-refractivity contribution in [2.24, 2.45) is 4.99 Å². The molecule has 90 valence electrons. The Morgan fingerprint density at radius 2 is 2.11 bits per heavy atom. The molecule has 0 fully saturated rings. The molecule has 18 heavy (non-hydrogen) atoms. The summed E-state index contributed by atoms with van der Waals surface area (Å²) in [7, 11) is 0. The Morgan fingerprint density at radius 1 is 1.17 bits per heavy atom. The first-order valence-corrected chi connectivity index (χ1v) is 6.08. The number of aliphatic imine (C=N–C) groups is 1. The van der Waals surface area contributed by atoms with Gasteiger partial charge in [0.2, 0.25) is 0 Å². The molecule has 2 aromatic rings. The summed E-state index contributed by atoms with van der Waals surface area (Å²) in [5.41, 5.74) is 2.16. The number of aryl methyl sites for hydroxylation is 1. The van der Waals surface area contributed by atoms with E-state index in [0.717, 1.165) is 29.4 Å². The van der Waals surface area contributed by atoms with Crippen LogP contribution in [0.25, 0.3) is 0 Å². The fourth-order valence-electron chi connectivity index (χ4n) is 1.92. The Balaban J connectivity index is 1.85. The largest absolute Gasteiger partial charge is 0.327 e. The van der Waals surface area contributed by atoms with Gasteiger partial charge in [-0.2, -0.15) is 0 Å². The predicted octanol–water partition coefficient (Wildman–Crippen LogP) is 3.22. The van der Waals surface area contributed by atoms with Crippen molar-refractivity contribution in [3.05, 3.63) is 47.4 Å². The van der Waals surface area contributed by atoms with Crippen molar-refractivity contribution in [3.8, 4) is 0 Å². The quantitative estimate of drug-likeness (QED) is 0.854. The van der Waals surface area contributed by atoms with Gasteiger partial charge in [0.25, 0.3) is 0 Å². The van der Waals surface area contributed by atoms with Gasteiger partial charge < -0.3 is 5.32 Å². The first-order valence-electron chi connectivity index (χ1n) is 5.70. The number of anilines is 1. The van der Waals surface area contributed by atoms with Crippen LogP contribution in [0.5, 0.6) is 0 Å². The monoisotopic (exact) mass is 258 g/mol. The van der Waals surface area contributed by atoms with Gasteiger partial charge in [0.15, 0.2) is 0 Å². The van der Waals surface area contributed by atoms with Crippen molar-refractivity contribution < 1.29 is 0 Å². The summed E-state index contributed by atoms with van der Waals surface area (Å²) in [4.78, 5) is 12.7. The van der Waals surface area contributed by atoms with Crippen molar-refractivity contribution in [2.75, 3.05) is 5.32 Å². The van der Waals surface area contributed by atoms with Gasteiger partial charge in [0, 0.05) is 23.8 Å². The Labute approximate surface area is 110 Å². The summed E-state index contributed by atoms with van der Waals surface area (Å²) in [6.07, 6.45) is 6.76. The topological polar surface area (TPSA) is 50.2 Å². The molecule has 0 spiro atoms. The van der Waals surface area contributed by atoms with Gasteiger partial charge >= 0.3 is 0 Å². The average Bonchev–Trinajstić information content (AvgIpc) is 2.40. The molecule has 0 saturated carbocycles. The fraction of sp³-hybridized carbons (Fsp3) is 0.154. The van der Waals surface area contributed by atoms with E-state index in [1.54, 1.807) is 18.6 Å². The molecule has 0 amide bonds. The number of aromatic nitrogens is 2. The lowest BCUT2D eigenvalue weighted by Gasteiger charge is -2.16. The van der Waals surface area contributed by atoms with E-state index in [1.807, 2.05) is 18.2 Å². The summed E-state index contributed by atoms with van der Waals surface area (Å²) in [6, 6.07) is 5.77. The van der Waals surface area contributed by atoms with E-state index >= 15 is 0 Å². The van der Waals surface area contributed by atoms with Crippen LogP contribution in [-0.4, -0.2) is 15.8 Å². The van der Waals surface area contributed by atoms with Crippen LogP contribution in [0.4, 0.5) is 11.5 Å². The van der Waals surface area contributed by atoms with E-state index in [4.69, 9.17) is 11.6 Å². The highest BCUT2D eigenvalue weighted by Gasteiger charge is 2.12. The van der Waals surface area contributed by atoms with Crippen LogP contribution in [0.15, 0.2) is 41.8 Å². The Morgan fingerprint density at radius 3 is 2.94 bits per heavy atom. The van der Waals surface area contributed by atoms with Crippen LogP contribution >= 0.6 is 11.6 Å². The fourth-order valence-corrected chi connectivity index (χ4v) is 2.11. The van der Waals surface area contributed by atoms with Gasteiger partial charge in [-0.15, -0.1) is 0 Å². The number of fused-ring (bicyclic) bond motifs is 1. The molecule has 1 aromatic carbocycles. The number of nitrogens with zero attached hydrogens (tertiary/aromatic N) is 3. The number of benzene rings is 1. The van der Waals surface area contributed by atoms with Crippen LogP contribution in [-0.2, 0) is 6.42 Å². The molecule has 0 bridgehead atoms. The smallest absolute Gasteiger partial charge is 0.149 e. The van der Waals surface area contributed by atoms with Crippen LogP contribution in [0.3, 0.4) is 0 Å². The SMILES string of the molecule is Clc1ccc2c(c1)CCC(Nc1cnccn1)=N2. The standard InChI is InChI=1S/C13H11ClN4/c14-10-2-3-11-9(7-10)1-4-12(17-11)18-13-8-15-5-6-16-13/h2-3,5-8H,1,4H2,(H,16,17,18). The molecule has 2 heterocycles. The van der Waals surface area contributed by atoms with Crippen LogP contribution in [0.1, 0.15) is 12.0 Å². The van der Waals surface area contributed by atoms with Crippen molar-refractivity contribution >= 4 is 28.9 Å². The lowest BCUT2D eigenvalue weighted by atomic mass is 10.0. The summed E-state index contributed by atoms with van der Waals surface area (Å²) < 4.78 is 0. The van der Waals surface area contributed by atoms with Gasteiger partial charge in [-0.05, 0) is 30.2 Å². The second kappa shape index (κ2) is 4.74. The van der Waals surface area contributed by atoms with Crippen LogP contribution in [0.2, 0.25) is 5.02 Å². The average molecular weight is 259 g/mol. The number of nitrogens with one attached hydrogen (secondary N) is 1. The van der Waals surface area contributed by atoms with Gasteiger partial charge in [-0.1, -0.05) is 11.6 Å². The minimum absolute atomic E-state index is 0.716. The Hall–Kier alpha value is -1.94. The maximum Gasteiger partial charge on any atom is 0.149 e. The molecular weight excluding hydrogens is 248 g/mol. The third-order valence-electron chi connectivity index (χ3n) is 2.76. The minimum Gasteiger partial charge on any atom is -0.327 e. The molecule has 1 aliphatic heterocycles. The molecule has 1 aromatic heterocycles. The van der Waals surface area contributed by atoms with Gasteiger partial charge in [-0.25, -0.2) is 9.98 Å². The number of rotatable bonds is 1. The number of hydrogen-bond acceptors (Lipinski definition) is 4. The molecule has 0 aliphatic carbocycles. The van der Waals surface area contributed by atoms with E-state index in [-0.39, 0.29) is 0 Å². The third-order valence-corrected chi connectivity index (χ3v) is 3.00. The Kier molecular flexibility index (Phi) is 2.94. The van der Waals surface area contributed by atoms with Gasteiger partial charge in [0.1, 0.15) is 11.7 Å². The Bertz CT molecular complexity index is 595. The van der Waals surface area contributed by atoms with E-state index < -0.39 is 0 Å². The highest BCUT2D eigenvalue weighted by atomic mass is 35.5. The maximum atomic E-state index is 5.96. The van der Waals surface area contributed by atoms with E-state index in [0.29, 0.717) is 5.82 Å². The first kappa shape index (κ1) is 11.2. The molecule has 1 aliphatic rings. The summed E-state index contributed by atoms with van der Waals surface area (Å²) in [6.45, 7) is 0. The molecule has 5 heteroatoms. The minimum atomic E-state index is 0.716. The van der Waals surface area contributed by atoms with Crippen LogP contribution in [0, 0.1) is 0 Å². The summed E-state index contributed by atoms with van der Waals surface area (Å²) in [5.74, 6) is 1.62. The van der Waals surface area contributed by atoms with E-state index in [9.17, 15) is 0 Å². The highest BCUT2D eigenvalue weighted by molar-refractivity contribution is 6.30. The second-order valence-corrected chi connectivity index (χ2v) is 4.48. The normalized spacial score (nSPS) is 13.7. The molecule has 1 N–H and O–H groups in total. The molecule has 3 rings (SSSR count). The molecule has 0 unspecified atom stereocenters.